The van der Waals surface area contributed by atoms with Gasteiger partial charge in [0.25, 0.3) is 0 Å². The van der Waals surface area contributed by atoms with Crippen LogP contribution >= 0.6 is 11.8 Å². The molecule has 2 heterocycles. The largest absolute Gasteiger partial charge is 0.373 e. The summed E-state index contributed by atoms with van der Waals surface area (Å²) < 4.78 is 0. The highest BCUT2D eigenvalue weighted by Gasteiger charge is 2.29. The molecule has 1 saturated carbocycles. The minimum absolute atomic E-state index is 0.0609. The molecule has 1 aliphatic carbocycles. The van der Waals surface area contributed by atoms with E-state index in [9.17, 15) is 4.79 Å². The number of rotatable bonds is 5. The van der Waals surface area contributed by atoms with Crippen LogP contribution in [0.5, 0.6) is 0 Å². The summed E-state index contributed by atoms with van der Waals surface area (Å²) in [5.74, 6) is 1.57. The Morgan fingerprint density at radius 1 is 1.12 bits per heavy atom. The lowest BCUT2D eigenvalue weighted by Gasteiger charge is -2.14. The molecule has 132 valence electrons. The Morgan fingerprint density at radius 2 is 1.92 bits per heavy atom. The number of hydrogen-bond donors (Lipinski definition) is 2. The Labute approximate surface area is 156 Å². The highest BCUT2D eigenvalue weighted by atomic mass is 32.2. The Hall–Kier alpha value is -2.60. The number of aromatic nitrogens is 2. The standard InChI is InChI=1S/C20H20N4OS/c1-21-19-16-11-22-18(24-20(25)12-7-8-12)9-14(16)15(10-23-19)13-5-3-4-6-17(13)26-2/h3-6,9-12H,7-8H2,1-2H3,(H,21,23)(H,22,24,25). The van der Waals surface area contributed by atoms with Crippen molar-refractivity contribution in [3.8, 4) is 11.1 Å². The van der Waals surface area contributed by atoms with Crippen molar-refractivity contribution in [3.63, 3.8) is 0 Å². The second kappa shape index (κ2) is 6.96. The van der Waals surface area contributed by atoms with Crippen molar-refractivity contribution in [1.82, 2.24) is 9.97 Å². The van der Waals surface area contributed by atoms with Crippen LogP contribution in [-0.2, 0) is 4.79 Å². The summed E-state index contributed by atoms with van der Waals surface area (Å²) in [4.78, 5) is 22.3. The highest BCUT2D eigenvalue weighted by Crippen LogP contribution is 2.37. The fourth-order valence-electron chi connectivity index (χ4n) is 3.06. The normalized spacial score (nSPS) is 13.6. The van der Waals surface area contributed by atoms with Gasteiger partial charge in [-0.05, 0) is 42.2 Å². The van der Waals surface area contributed by atoms with E-state index in [0.717, 1.165) is 40.6 Å². The van der Waals surface area contributed by atoms with Crippen LogP contribution in [0.1, 0.15) is 12.8 Å². The predicted molar refractivity (Wildman–Crippen MR) is 108 cm³/mol. The zero-order chi connectivity index (χ0) is 18.1. The quantitative estimate of drug-likeness (QED) is 0.657. The number of nitrogens with zero attached hydrogens (tertiary/aromatic N) is 2. The van der Waals surface area contributed by atoms with Gasteiger partial charge in [0, 0.05) is 41.2 Å². The van der Waals surface area contributed by atoms with E-state index in [0.29, 0.717) is 5.82 Å². The number of nitrogens with one attached hydrogen (secondary N) is 2. The zero-order valence-corrected chi connectivity index (χ0v) is 15.6. The number of benzene rings is 1. The number of hydrogen-bond acceptors (Lipinski definition) is 5. The molecule has 2 N–H and O–H groups in total. The second-order valence-electron chi connectivity index (χ2n) is 6.35. The van der Waals surface area contributed by atoms with Crippen LogP contribution in [0, 0.1) is 5.92 Å². The number of anilines is 2. The maximum absolute atomic E-state index is 12.1. The third-order valence-corrected chi connectivity index (χ3v) is 5.40. The maximum Gasteiger partial charge on any atom is 0.228 e. The molecule has 1 amide bonds. The lowest BCUT2D eigenvalue weighted by atomic mass is 10.0. The number of carbonyl (C=O) groups excluding carboxylic acids is 1. The molecule has 0 aliphatic heterocycles. The summed E-state index contributed by atoms with van der Waals surface area (Å²) >= 11 is 1.71. The SMILES string of the molecule is CNc1ncc(-c2ccccc2SC)c2cc(NC(=O)C3CC3)ncc12. The lowest BCUT2D eigenvalue weighted by Crippen LogP contribution is -2.14. The minimum atomic E-state index is 0.0609. The Balaban J connectivity index is 1.87. The molecule has 0 saturated heterocycles. The van der Waals surface area contributed by atoms with Crippen LogP contribution in [0.2, 0.25) is 0 Å². The number of thioether (sulfide) groups is 1. The Morgan fingerprint density at radius 3 is 2.65 bits per heavy atom. The van der Waals surface area contributed by atoms with Crippen LogP contribution in [-0.4, -0.2) is 29.2 Å². The van der Waals surface area contributed by atoms with Gasteiger partial charge in [-0.2, -0.15) is 0 Å². The van der Waals surface area contributed by atoms with Gasteiger partial charge >= 0.3 is 0 Å². The predicted octanol–water partition coefficient (Wildman–Crippen LogP) is 4.41. The third kappa shape index (κ3) is 3.12. The first-order valence-electron chi connectivity index (χ1n) is 8.62. The van der Waals surface area contributed by atoms with E-state index < -0.39 is 0 Å². The van der Waals surface area contributed by atoms with Crippen molar-refractivity contribution in [2.45, 2.75) is 17.7 Å². The molecule has 0 spiro atoms. The summed E-state index contributed by atoms with van der Waals surface area (Å²) in [5.41, 5.74) is 2.17. The van der Waals surface area contributed by atoms with Gasteiger partial charge in [-0.3, -0.25) is 4.79 Å². The summed E-state index contributed by atoms with van der Waals surface area (Å²) in [6, 6.07) is 10.2. The van der Waals surface area contributed by atoms with E-state index in [1.165, 1.54) is 4.90 Å². The lowest BCUT2D eigenvalue weighted by molar-refractivity contribution is -0.117. The zero-order valence-electron chi connectivity index (χ0n) is 14.7. The first-order valence-corrected chi connectivity index (χ1v) is 9.84. The van der Waals surface area contributed by atoms with Crippen LogP contribution in [0.4, 0.5) is 11.6 Å². The second-order valence-corrected chi connectivity index (χ2v) is 7.20. The Kier molecular flexibility index (Phi) is 4.51. The van der Waals surface area contributed by atoms with Gasteiger partial charge in [0.05, 0.1) is 0 Å². The van der Waals surface area contributed by atoms with Gasteiger partial charge in [-0.1, -0.05) is 18.2 Å². The summed E-state index contributed by atoms with van der Waals surface area (Å²) in [6.07, 6.45) is 7.68. The average Bonchev–Trinajstić information content (AvgIpc) is 3.52. The fraction of sp³-hybridized carbons (Fsp3) is 0.250. The topological polar surface area (TPSA) is 66.9 Å². The molecule has 4 rings (SSSR count). The van der Waals surface area contributed by atoms with Crippen LogP contribution in [0.15, 0.2) is 47.6 Å². The molecule has 0 bridgehead atoms. The molecule has 3 aromatic rings. The van der Waals surface area contributed by atoms with Crippen molar-refractivity contribution < 1.29 is 4.79 Å². The molecule has 1 fully saturated rings. The van der Waals surface area contributed by atoms with E-state index in [4.69, 9.17) is 0 Å². The van der Waals surface area contributed by atoms with Gasteiger partial charge < -0.3 is 10.6 Å². The molecule has 0 atom stereocenters. The molecule has 6 heteroatoms. The molecular formula is C20H20N4OS. The molecule has 5 nitrogen and oxygen atoms in total. The average molecular weight is 364 g/mol. The third-order valence-electron chi connectivity index (χ3n) is 4.61. The molecule has 1 aromatic carbocycles. The maximum atomic E-state index is 12.1. The number of fused-ring (bicyclic) bond motifs is 1. The highest BCUT2D eigenvalue weighted by molar-refractivity contribution is 7.98. The van der Waals surface area contributed by atoms with Crippen molar-refractivity contribution in [3.05, 3.63) is 42.7 Å². The van der Waals surface area contributed by atoms with Crippen molar-refractivity contribution in [1.29, 1.82) is 0 Å². The number of carbonyl (C=O) groups is 1. The van der Waals surface area contributed by atoms with Crippen LogP contribution in [0.3, 0.4) is 0 Å². The summed E-state index contributed by atoms with van der Waals surface area (Å²) in [5, 5.41) is 8.02. The van der Waals surface area contributed by atoms with E-state index in [1.54, 1.807) is 18.0 Å². The van der Waals surface area contributed by atoms with Crippen molar-refractivity contribution >= 4 is 40.1 Å². The minimum Gasteiger partial charge on any atom is -0.373 e. The van der Waals surface area contributed by atoms with Crippen molar-refractivity contribution in [2.24, 2.45) is 5.92 Å². The van der Waals surface area contributed by atoms with Gasteiger partial charge in [0.15, 0.2) is 0 Å². The molecule has 1 aliphatic rings. The van der Waals surface area contributed by atoms with Gasteiger partial charge in [-0.25, -0.2) is 9.97 Å². The van der Waals surface area contributed by atoms with Gasteiger partial charge in [-0.15, -0.1) is 11.8 Å². The smallest absolute Gasteiger partial charge is 0.228 e. The summed E-state index contributed by atoms with van der Waals surface area (Å²) in [7, 11) is 1.85. The van der Waals surface area contributed by atoms with Gasteiger partial charge in [0.2, 0.25) is 5.91 Å². The van der Waals surface area contributed by atoms with E-state index >= 15 is 0 Å². The van der Waals surface area contributed by atoms with E-state index in [1.807, 2.05) is 31.4 Å². The molecule has 26 heavy (non-hydrogen) atoms. The molecule has 0 unspecified atom stereocenters. The molecule has 0 radical (unpaired) electrons. The van der Waals surface area contributed by atoms with Crippen LogP contribution in [0.25, 0.3) is 21.9 Å². The first kappa shape index (κ1) is 16.8. The van der Waals surface area contributed by atoms with Gasteiger partial charge in [0.1, 0.15) is 11.6 Å². The summed E-state index contributed by atoms with van der Waals surface area (Å²) in [6.45, 7) is 0. The van der Waals surface area contributed by atoms with Crippen molar-refractivity contribution in [2.75, 3.05) is 23.9 Å². The molecular weight excluding hydrogens is 344 g/mol. The Bertz CT molecular complexity index is 985. The monoisotopic (exact) mass is 364 g/mol. The first-order chi connectivity index (χ1) is 12.7. The van der Waals surface area contributed by atoms with E-state index in [-0.39, 0.29) is 11.8 Å². The van der Waals surface area contributed by atoms with Crippen LogP contribution < -0.4 is 10.6 Å². The van der Waals surface area contributed by atoms with E-state index in [2.05, 4.69) is 39.0 Å². The number of amides is 1. The number of pyridine rings is 2. The molecule has 2 aromatic heterocycles. The fourth-order valence-corrected chi connectivity index (χ4v) is 3.67.